The Bertz CT molecular complexity index is 136. The number of ketones is 1. The van der Waals surface area contributed by atoms with Crippen molar-refractivity contribution >= 4 is 5.78 Å². The highest BCUT2D eigenvalue weighted by Crippen LogP contribution is 2.27. The monoisotopic (exact) mass is 158 g/mol. The van der Waals surface area contributed by atoms with Gasteiger partial charge in [0.05, 0.1) is 0 Å². The zero-order valence-corrected chi connectivity index (χ0v) is 6.98. The van der Waals surface area contributed by atoms with E-state index in [0.717, 1.165) is 12.8 Å². The molecule has 0 N–H and O–H groups in total. The Labute approximate surface area is 67.0 Å². The fraction of sp³-hybridized carbons (Fsp3) is 0.889. The van der Waals surface area contributed by atoms with Gasteiger partial charge in [-0.2, -0.15) is 0 Å². The molecule has 0 aromatic rings. The number of alkyl halides is 1. The maximum atomic E-state index is 12.6. The first kappa shape index (κ1) is 8.69. The molecule has 0 unspecified atom stereocenters. The summed E-state index contributed by atoms with van der Waals surface area (Å²) in [4.78, 5) is 11.2. The van der Waals surface area contributed by atoms with Crippen molar-refractivity contribution < 1.29 is 9.18 Å². The average molecular weight is 158 g/mol. The summed E-state index contributed by atoms with van der Waals surface area (Å²) in [6.07, 6.45) is 2.70. The van der Waals surface area contributed by atoms with Gasteiger partial charge in [0.25, 0.3) is 0 Å². The highest BCUT2D eigenvalue weighted by Gasteiger charge is 2.24. The van der Waals surface area contributed by atoms with Crippen molar-refractivity contribution in [2.75, 3.05) is 0 Å². The highest BCUT2D eigenvalue weighted by atomic mass is 19.1. The lowest BCUT2D eigenvalue weighted by atomic mass is 9.84. The maximum absolute atomic E-state index is 12.6. The van der Waals surface area contributed by atoms with Crippen molar-refractivity contribution in [2.24, 2.45) is 5.92 Å². The first-order valence-corrected chi connectivity index (χ1v) is 4.40. The second-order valence-corrected chi connectivity index (χ2v) is 3.27. The summed E-state index contributed by atoms with van der Waals surface area (Å²) in [5.41, 5.74) is 0. The molecule has 0 bridgehead atoms. The molecule has 1 aliphatic rings. The van der Waals surface area contributed by atoms with Gasteiger partial charge in [-0.05, 0) is 25.7 Å². The largest absolute Gasteiger partial charge is 0.299 e. The molecule has 1 rings (SSSR count). The summed E-state index contributed by atoms with van der Waals surface area (Å²) in [5.74, 6) is 0.490. The minimum Gasteiger partial charge on any atom is -0.299 e. The van der Waals surface area contributed by atoms with Gasteiger partial charge in [0.2, 0.25) is 0 Å². The predicted molar refractivity (Wildman–Crippen MR) is 42.2 cm³/mol. The van der Waals surface area contributed by atoms with E-state index in [1.54, 1.807) is 0 Å². The molecule has 0 atom stereocenters. The van der Waals surface area contributed by atoms with Crippen LogP contribution >= 0.6 is 0 Å². The third-order valence-electron chi connectivity index (χ3n) is 2.46. The number of hydrogen-bond donors (Lipinski definition) is 0. The third-order valence-corrected chi connectivity index (χ3v) is 2.46. The van der Waals surface area contributed by atoms with Crippen LogP contribution in [0, 0.1) is 5.92 Å². The van der Waals surface area contributed by atoms with Gasteiger partial charge in [-0.15, -0.1) is 0 Å². The maximum Gasteiger partial charge on any atom is 0.135 e. The van der Waals surface area contributed by atoms with Crippen LogP contribution < -0.4 is 0 Å². The number of carbonyl (C=O) groups excluding carboxylic acids is 1. The van der Waals surface area contributed by atoms with Crippen LogP contribution in [0.1, 0.15) is 39.0 Å². The Hall–Kier alpha value is -0.400. The third kappa shape index (κ3) is 2.28. The van der Waals surface area contributed by atoms with Gasteiger partial charge < -0.3 is 0 Å². The van der Waals surface area contributed by atoms with Crippen LogP contribution in [0.3, 0.4) is 0 Å². The van der Waals surface area contributed by atoms with Gasteiger partial charge in [-0.3, -0.25) is 4.79 Å². The molecule has 0 heterocycles. The van der Waals surface area contributed by atoms with Crippen molar-refractivity contribution in [3.05, 3.63) is 0 Å². The van der Waals surface area contributed by atoms with Gasteiger partial charge in [0, 0.05) is 12.3 Å². The number of Topliss-reactive ketones (excluding diaryl/α,β-unsaturated/α-hetero) is 1. The van der Waals surface area contributed by atoms with Gasteiger partial charge in [-0.1, -0.05) is 6.92 Å². The molecular formula is C9H15FO. The second kappa shape index (κ2) is 3.84. The molecule has 0 aromatic carbocycles. The van der Waals surface area contributed by atoms with E-state index >= 15 is 0 Å². The van der Waals surface area contributed by atoms with Crippen LogP contribution in [-0.4, -0.2) is 12.0 Å². The Morgan fingerprint density at radius 1 is 1.36 bits per heavy atom. The molecule has 0 saturated heterocycles. The minimum absolute atomic E-state index is 0.173. The molecule has 11 heavy (non-hydrogen) atoms. The van der Waals surface area contributed by atoms with Crippen LogP contribution in [0.2, 0.25) is 0 Å². The standard InChI is InChI=1S/C9H15FO/c1-2-9(11)7-3-5-8(10)6-4-7/h7-8H,2-6H2,1H3. The predicted octanol–water partition coefficient (Wildman–Crippen LogP) is 2.49. The molecule has 0 aliphatic heterocycles. The average Bonchev–Trinajstić information content (AvgIpc) is 2.05. The van der Waals surface area contributed by atoms with Crippen molar-refractivity contribution in [2.45, 2.75) is 45.2 Å². The fourth-order valence-electron chi connectivity index (χ4n) is 1.66. The molecule has 1 nitrogen and oxygen atoms in total. The van der Waals surface area contributed by atoms with E-state index < -0.39 is 6.17 Å². The van der Waals surface area contributed by atoms with E-state index in [-0.39, 0.29) is 5.92 Å². The van der Waals surface area contributed by atoms with Crippen molar-refractivity contribution in [3.8, 4) is 0 Å². The molecule has 0 radical (unpaired) electrons. The smallest absolute Gasteiger partial charge is 0.135 e. The number of halogens is 1. The summed E-state index contributed by atoms with van der Waals surface area (Å²) in [7, 11) is 0. The van der Waals surface area contributed by atoms with E-state index in [0.29, 0.717) is 25.0 Å². The van der Waals surface area contributed by atoms with Gasteiger partial charge in [-0.25, -0.2) is 4.39 Å². The molecule has 1 saturated carbocycles. The Balaban J connectivity index is 2.33. The van der Waals surface area contributed by atoms with Crippen LogP contribution in [0.4, 0.5) is 4.39 Å². The van der Waals surface area contributed by atoms with Crippen LogP contribution in [0.5, 0.6) is 0 Å². The van der Waals surface area contributed by atoms with E-state index in [9.17, 15) is 9.18 Å². The molecular weight excluding hydrogens is 143 g/mol. The van der Waals surface area contributed by atoms with Crippen LogP contribution in [0.15, 0.2) is 0 Å². The molecule has 0 spiro atoms. The van der Waals surface area contributed by atoms with Crippen molar-refractivity contribution in [1.29, 1.82) is 0 Å². The van der Waals surface area contributed by atoms with E-state index in [2.05, 4.69) is 0 Å². The summed E-state index contributed by atoms with van der Waals surface area (Å²) < 4.78 is 12.6. The summed E-state index contributed by atoms with van der Waals surface area (Å²) in [6.45, 7) is 1.88. The lowest BCUT2D eigenvalue weighted by Gasteiger charge is -2.22. The quantitative estimate of drug-likeness (QED) is 0.603. The summed E-state index contributed by atoms with van der Waals surface area (Å²) in [5, 5.41) is 0. The zero-order valence-electron chi connectivity index (χ0n) is 6.98. The SMILES string of the molecule is CCC(=O)C1CCC(F)CC1. The van der Waals surface area contributed by atoms with E-state index in [1.165, 1.54) is 0 Å². The lowest BCUT2D eigenvalue weighted by Crippen LogP contribution is -2.21. The summed E-state index contributed by atoms with van der Waals surface area (Å²) >= 11 is 0. The summed E-state index contributed by atoms with van der Waals surface area (Å²) in [6, 6.07) is 0. The van der Waals surface area contributed by atoms with E-state index in [1.807, 2.05) is 6.92 Å². The van der Waals surface area contributed by atoms with Gasteiger partial charge >= 0.3 is 0 Å². The molecule has 1 fully saturated rings. The van der Waals surface area contributed by atoms with E-state index in [4.69, 9.17) is 0 Å². The molecule has 1 aliphatic carbocycles. The topological polar surface area (TPSA) is 17.1 Å². The van der Waals surface area contributed by atoms with Crippen molar-refractivity contribution in [1.82, 2.24) is 0 Å². The Morgan fingerprint density at radius 3 is 2.36 bits per heavy atom. The molecule has 64 valence electrons. The lowest BCUT2D eigenvalue weighted by molar-refractivity contribution is -0.123. The molecule has 0 aromatic heterocycles. The number of rotatable bonds is 2. The second-order valence-electron chi connectivity index (χ2n) is 3.27. The van der Waals surface area contributed by atoms with Crippen LogP contribution in [0.25, 0.3) is 0 Å². The molecule has 2 heteroatoms. The Kier molecular flexibility index (Phi) is 3.03. The minimum atomic E-state index is -0.643. The first-order valence-electron chi connectivity index (χ1n) is 4.40. The Morgan fingerprint density at radius 2 is 1.91 bits per heavy atom. The molecule has 0 amide bonds. The normalized spacial score (nSPS) is 31.8. The zero-order chi connectivity index (χ0) is 8.27. The number of hydrogen-bond acceptors (Lipinski definition) is 1. The van der Waals surface area contributed by atoms with Gasteiger partial charge in [0.15, 0.2) is 0 Å². The fourth-order valence-corrected chi connectivity index (χ4v) is 1.66. The first-order chi connectivity index (χ1) is 5.24. The van der Waals surface area contributed by atoms with Crippen LogP contribution in [-0.2, 0) is 4.79 Å². The van der Waals surface area contributed by atoms with Crippen molar-refractivity contribution in [3.63, 3.8) is 0 Å². The highest BCUT2D eigenvalue weighted by molar-refractivity contribution is 5.80. The van der Waals surface area contributed by atoms with Gasteiger partial charge in [0.1, 0.15) is 12.0 Å². The number of carbonyl (C=O) groups is 1.